The van der Waals surface area contributed by atoms with Gasteiger partial charge in [-0.15, -0.1) is 0 Å². The van der Waals surface area contributed by atoms with Crippen LogP contribution in [0.4, 0.5) is 0 Å². The average molecular weight is 230 g/mol. The highest BCUT2D eigenvalue weighted by atomic mass is 16.5. The van der Waals surface area contributed by atoms with Crippen molar-refractivity contribution in [3.05, 3.63) is 35.1 Å². The van der Waals surface area contributed by atoms with E-state index in [9.17, 15) is 9.59 Å². The summed E-state index contributed by atoms with van der Waals surface area (Å²) in [4.78, 5) is 23.5. The van der Waals surface area contributed by atoms with Crippen LogP contribution in [0.5, 0.6) is 0 Å². The number of hydrogen-bond donors (Lipinski definition) is 0. The molecule has 17 heavy (non-hydrogen) atoms. The highest BCUT2D eigenvalue weighted by Gasteiger charge is 2.46. The molecule has 0 aromatic carbocycles. The Morgan fingerprint density at radius 1 is 1.41 bits per heavy atom. The van der Waals surface area contributed by atoms with E-state index in [4.69, 9.17) is 4.74 Å². The minimum atomic E-state index is -0.502. The van der Waals surface area contributed by atoms with Crippen LogP contribution in [-0.2, 0) is 14.3 Å². The second kappa shape index (κ2) is 3.19. The predicted octanol–water partition coefficient (Wildman–Crippen LogP) is 2.30. The molecule has 0 aromatic rings. The Bertz CT molecular complexity index is 522. The number of esters is 1. The van der Waals surface area contributed by atoms with Crippen LogP contribution < -0.4 is 0 Å². The number of ketones is 1. The fourth-order valence-electron chi connectivity index (χ4n) is 2.88. The van der Waals surface area contributed by atoms with E-state index in [0.717, 1.165) is 18.4 Å². The Labute approximate surface area is 99.8 Å². The molecule has 0 amide bonds. The first-order valence-corrected chi connectivity index (χ1v) is 5.88. The molecule has 3 nitrogen and oxygen atoms in total. The van der Waals surface area contributed by atoms with Crippen molar-refractivity contribution in [3.63, 3.8) is 0 Å². The van der Waals surface area contributed by atoms with E-state index < -0.39 is 5.41 Å². The third-order valence-corrected chi connectivity index (χ3v) is 4.21. The van der Waals surface area contributed by atoms with Crippen LogP contribution in [0, 0.1) is 11.3 Å². The Balaban J connectivity index is 2.13. The fraction of sp³-hybridized carbons (Fsp3) is 0.429. The van der Waals surface area contributed by atoms with E-state index in [2.05, 4.69) is 0 Å². The number of hydrogen-bond acceptors (Lipinski definition) is 3. The summed E-state index contributed by atoms with van der Waals surface area (Å²) >= 11 is 0. The maximum Gasteiger partial charge on any atom is 0.339 e. The third kappa shape index (κ3) is 1.28. The Morgan fingerprint density at radius 2 is 2.18 bits per heavy atom. The predicted molar refractivity (Wildman–Crippen MR) is 61.9 cm³/mol. The second-order valence-corrected chi connectivity index (χ2v) is 5.19. The lowest BCUT2D eigenvalue weighted by molar-refractivity contribution is -0.133. The van der Waals surface area contributed by atoms with Crippen LogP contribution >= 0.6 is 0 Å². The van der Waals surface area contributed by atoms with Gasteiger partial charge in [0.1, 0.15) is 5.76 Å². The lowest BCUT2D eigenvalue weighted by Crippen LogP contribution is -2.38. The van der Waals surface area contributed by atoms with Gasteiger partial charge in [0, 0.05) is 11.1 Å². The SMILES string of the molecule is CC1=C2CC3CC=CC(=O)C3(C)C=C2OC1=O. The molecule has 2 unspecified atom stereocenters. The van der Waals surface area contributed by atoms with E-state index in [0.29, 0.717) is 11.3 Å². The average Bonchev–Trinajstić information content (AvgIpc) is 2.54. The van der Waals surface area contributed by atoms with Gasteiger partial charge < -0.3 is 4.74 Å². The molecular weight excluding hydrogens is 216 g/mol. The van der Waals surface area contributed by atoms with Gasteiger partial charge in [-0.25, -0.2) is 4.79 Å². The Kier molecular flexibility index (Phi) is 1.97. The van der Waals surface area contributed by atoms with Crippen molar-refractivity contribution in [3.8, 4) is 0 Å². The van der Waals surface area contributed by atoms with Gasteiger partial charge in [-0.05, 0) is 44.8 Å². The summed E-state index contributed by atoms with van der Waals surface area (Å²) in [5.41, 5.74) is 1.18. The van der Waals surface area contributed by atoms with E-state index in [-0.39, 0.29) is 17.7 Å². The number of rotatable bonds is 0. The summed E-state index contributed by atoms with van der Waals surface area (Å²) in [6.07, 6.45) is 7.07. The van der Waals surface area contributed by atoms with Crippen LogP contribution in [0.1, 0.15) is 26.7 Å². The molecule has 0 saturated heterocycles. The van der Waals surface area contributed by atoms with Crippen LogP contribution in [0.25, 0.3) is 0 Å². The van der Waals surface area contributed by atoms with Gasteiger partial charge in [0.25, 0.3) is 0 Å². The first kappa shape index (κ1) is 10.5. The molecule has 0 spiro atoms. The molecule has 0 fully saturated rings. The van der Waals surface area contributed by atoms with Gasteiger partial charge in [0.2, 0.25) is 0 Å². The summed E-state index contributed by atoms with van der Waals surface area (Å²) < 4.78 is 5.21. The van der Waals surface area contributed by atoms with Crippen molar-refractivity contribution in [2.75, 3.05) is 0 Å². The second-order valence-electron chi connectivity index (χ2n) is 5.19. The minimum absolute atomic E-state index is 0.112. The highest BCUT2D eigenvalue weighted by Crippen LogP contribution is 2.49. The summed E-state index contributed by atoms with van der Waals surface area (Å²) in [7, 11) is 0. The molecule has 3 aliphatic rings. The van der Waals surface area contributed by atoms with Crippen molar-refractivity contribution in [1.29, 1.82) is 0 Å². The zero-order valence-electron chi connectivity index (χ0n) is 9.95. The summed E-state index contributed by atoms with van der Waals surface area (Å²) in [6, 6.07) is 0. The lowest BCUT2D eigenvalue weighted by Gasteiger charge is -2.38. The zero-order chi connectivity index (χ0) is 12.2. The number of carbonyl (C=O) groups is 2. The molecule has 0 bridgehead atoms. The summed E-state index contributed by atoms with van der Waals surface area (Å²) in [5.74, 6) is 0.702. The van der Waals surface area contributed by atoms with E-state index >= 15 is 0 Å². The first-order valence-electron chi connectivity index (χ1n) is 5.88. The number of allylic oxidation sites excluding steroid dienone is 4. The number of ether oxygens (including phenoxy) is 1. The van der Waals surface area contributed by atoms with Crippen molar-refractivity contribution in [2.45, 2.75) is 26.7 Å². The normalized spacial score (nSPS) is 35.4. The molecule has 2 aliphatic carbocycles. The van der Waals surface area contributed by atoms with Gasteiger partial charge in [0.05, 0.1) is 5.41 Å². The zero-order valence-corrected chi connectivity index (χ0v) is 9.95. The maximum absolute atomic E-state index is 12.0. The lowest BCUT2D eigenvalue weighted by atomic mass is 9.63. The van der Waals surface area contributed by atoms with E-state index in [1.54, 1.807) is 13.0 Å². The van der Waals surface area contributed by atoms with Crippen molar-refractivity contribution >= 4 is 11.8 Å². The summed E-state index contributed by atoms with van der Waals surface area (Å²) in [5, 5.41) is 0. The molecule has 0 aromatic heterocycles. The smallest absolute Gasteiger partial charge is 0.339 e. The molecule has 2 atom stereocenters. The molecule has 1 heterocycles. The van der Waals surface area contributed by atoms with E-state index in [1.165, 1.54) is 0 Å². The van der Waals surface area contributed by atoms with Crippen molar-refractivity contribution in [2.24, 2.45) is 11.3 Å². The van der Waals surface area contributed by atoms with Crippen LogP contribution in [0.3, 0.4) is 0 Å². The molecule has 0 N–H and O–H groups in total. The van der Waals surface area contributed by atoms with Crippen LogP contribution in [0.2, 0.25) is 0 Å². The third-order valence-electron chi connectivity index (χ3n) is 4.21. The first-order chi connectivity index (χ1) is 8.02. The monoisotopic (exact) mass is 230 g/mol. The van der Waals surface area contributed by atoms with Crippen LogP contribution in [-0.4, -0.2) is 11.8 Å². The molecule has 0 saturated carbocycles. The minimum Gasteiger partial charge on any atom is -0.423 e. The molecule has 0 radical (unpaired) electrons. The van der Waals surface area contributed by atoms with Gasteiger partial charge in [-0.1, -0.05) is 6.08 Å². The van der Waals surface area contributed by atoms with E-state index in [1.807, 2.05) is 19.1 Å². The molecular formula is C14H14O3. The largest absolute Gasteiger partial charge is 0.423 e. The van der Waals surface area contributed by atoms with Gasteiger partial charge in [-0.3, -0.25) is 4.79 Å². The van der Waals surface area contributed by atoms with Crippen molar-refractivity contribution < 1.29 is 14.3 Å². The van der Waals surface area contributed by atoms with Crippen molar-refractivity contribution in [1.82, 2.24) is 0 Å². The van der Waals surface area contributed by atoms with Gasteiger partial charge in [-0.2, -0.15) is 0 Å². The number of carbonyl (C=O) groups excluding carboxylic acids is 2. The van der Waals surface area contributed by atoms with Crippen LogP contribution in [0.15, 0.2) is 35.1 Å². The molecule has 88 valence electrons. The molecule has 1 aliphatic heterocycles. The van der Waals surface area contributed by atoms with Gasteiger partial charge in [0.15, 0.2) is 5.78 Å². The highest BCUT2D eigenvalue weighted by molar-refractivity contribution is 5.99. The number of fused-ring (bicyclic) bond motifs is 2. The van der Waals surface area contributed by atoms with Gasteiger partial charge >= 0.3 is 5.97 Å². The quantitative estimate of drug-likeness (QED) is 0.600. The molecule has 3 heteroatoms. The standard InChI is InChI=1S/C14H14O3/c1-8-10-6-9-4-3-5-12(15)14(9,2)7-11(10)17-13(8)16/h3,5,7,9H,4,6H2,1-2H3. The topological polar surface area (TPSA) is 43.4 Å². The fourth-order valence-corrected chi connectivity index (χ4v) is 2.88. The Hall–Kier alpha value is -1.64. The maximum atomic E-state index is 12.0. The Morgan fingerprint density at radius 3 is 2.94 bits per heavy atom. The molecule has 3 rings (SSSR count). The summed E-state index contributed by atoms with van der Waals surface area (Å²) in [6.45, 7) is 3.73.